The molecule has 0 aliphatic heterocycles. The predicted molar refractivity (Wildman–Crippen MR) is 147 cm³/mol. The van der Waals surface area contributed by atoms with E-state index < -0.39 is 23.7 Å². The van der Waals surface area contributed by atoms with Gasteiger partial charge in [-0.15, -0.1) is 0 Å². The van der Waals surface area contributed by atoms with Gasteiger partial charge in [-0.2, -0.15) is 0 Å². The minimum Gasteiger partial charge on any atom is -0.444 e. The summed E-state index contributed by atoms with van der Waals surface area (Å²) in [6.07, 6.45) is 9.68. The van der Waals surface area contributed by atoms with Crippen LogP contribution in [0.15, 0.2) is 22.9 Å². The third kappa shape index (κ3) is 5.40. The molecule has 4 aliphatic carbocycles. The second kappa shape index (κ2) is 10.3. The van der Waals surface area contributed by atoms with Gasteiger partial charge in [-0.1, -0.05) is 33.3 Å². The number of hydrogen-bond donors (Lipinski definition) is 2. The molecule has 7 nitrogen and oxygen atoms in total. The molecule has 0 aromatic heterocycles. The smallest absolute Gasteiger partial charge is 0.408 e. The maximum atomic E-state index is 12.9. The van der Waals surface area contributed by atoms with Gasteiger partial charge in [0.2, 0.25) is 0 Å². The van der Waals surface area contributed by atoms with Crippen LogP contribution in [0.1, 0.15) is 107 Å². The van der Waals surface area contributed by atoms with E-state index in [1.807, 2.05) is 26.8 Å². The summed E-state index contributed by atoms with van der Waals surface area (Å²) >= 11 is 0. The van der Waals surface area contributed by atoms with Gasteiger partial charge in [0.05, 0.1) is 0 Å². The Balaban J connectivity index is 1.44. The second-order valence-corrected chi connectivity index (χ2v) is 14.0. The Labute approximate surface area is 228 Å². The number of alkyl carbamates (subject to hydrolysis) is 1. The number of ether oxygens (including phenoxy) is 1. The predicted octanol–water partition coefficient (Wildman–Crippen LogP) is 6.39. The zero-order valence-electron chi connectivity index (χ0n) is 24.7. The molecule has 0 aromatic carbocycles. The first-order valence-corrected chi connectivity index (χ1v) is 14.6. The average molecular weight is 529 g/mol. The number of allylic oxidation sites excluding steroid dienone is 3. The molecule has 2 N–H and O–H groups in total. The first-order valence-electron chi connectivity index (χ1n) is 14.6. The van der Waals surface area contributed by atoms with E-state index in [-0.39, 0.29) is 16.7 Å². The van der Waals surface area contributed by atoms with Gasteiger partial charge >= 0.3 is 12.1 Å². The Bertz CT molecular complexity index is 1040. The molecule has 212 valence electrons. The van der Waals surface area contributed by atoms with Crippen LogP contribution in [0.3, 0.4) is 0 Å². The fraction of sp³-hybridized carbons (Fsp3) is 0.774. The lowest BCUT2D eigenvalue weighted by Crippen LogP contribution is -2.50. The molecule has 0 radical (unpaired) electrons. The molecule has 3 saturated carbocycles. The zero-order chi connectivity index (χ0) is 28.0. The van der Waals surface area contributed by atoms with E-state index >= 15 is 0 Å². The van der Waals surface area contributed by atoms with Crippen LogP contribution in [0.2, 0.25) is 0 Å². The number of rotatable bonds is 5. The van der Waals surface area contributed by atoms with E-state index in [4.69, 9.17) is 9.57 Å². The van der Waals surface area contributed by atoms with Crippen molar-refractivity contribution >= 4 is 17.8 Å². The SMILES string of the molecule is C/C(NOC(=O)[C@@H](NC(=O)OC(C)(C)C)C(C)C)=C1\CC[C@H]2[C@@H]3CCC4=CC(=O)CC[C@]4(C)[C@H]3CC[C@]12C. The molecule has 4 rings (SSSR count). The normalized spacial score (nSPS) is 34.8. The monoisotopic (exact) mass is 528 g/mol. The number of amides is 1. The minimum atomic E-state index is -0.815. The Hall–Kier alpha value is -2.31. The standard InChI is InChI=1S/C31H48N2O5/c1-18(2)26(32-28(36)37-29(4,5)6)27(35)38-33-19(3)23-11-12-24-22-10-9-20-17-21(34)13-15-30(20,7)25(22)14-16-31(23,24)8/h17-18,22,24-26,33H,9-16H2,1-8H3,(H,32,36)/b23-19-/t22-,24-,25-,26-,30-,31+/m0/s1. The Morgan fingerprint density at radius 3 is 2.34 bits per heavy atom. The number of carbonyl (C=O) groups is 3. The molecule has 0 heterocycles. The van der Waals surface area contributed by atoms with Crippen molar-refractivity contribution in [3.05, 3.63) is 22.9 Å². The van der Waals surface area contributed by atoms with Gasteiger partial charge in [0.15, 0.2) is 5.78 Å². The molecule has 4 aliphatic rings. The van der Waals surface area contributed by atoms with Crippen molar-refractivity contribution in [2.45, 2.75) is 118 Å². The van der Waals surface area contributed by atoms with Crippen molar-refractivity contribution in [2.24, 2.45) is 34.5 Å². The van der Waals surface area contributed by atoms with Crippen LogP contribution in [0.5, 0.6) is 0 Å². The summed E-state index contributed by atoms with van der Waals surface area (Å²) in [7, 11) is 0. The Kier molecular flexibility index (Phi) is 7.81. The summed E-state index contributed by atoms with van der Waals surface area (Å²) in [4.78, 5) is 42.9. The van der Waals surface area contributed by atoms with E-state index in [9.17, 15) is 14.4 Å². The molecule has 0 bridgehead atoms. The maximum Gasteiger partial charge on any atom is 0.408 e. The molecular weight excluding hydrogens is 480 g/mol. The third-order valence-corrected chi connectivity index (χ3v) is 10.1. The average Bonchev–Trinajstić information content (AvgIpc) is 3.17. The fourth-order valence-electron chi connectivity index (χ4n) is 8.17. The Morgan fingerprint density at radius 1 is 1.00 bits per heavy atom. The number of hydroxylamine groups is 1. The van der Waals surface area contributed by atoms with Crippen LogP contribution in [0.25, 0.3) is 0 Å². The summed E-state index contributed by atoms with van der Waals surface area (Å²) in [5.41, 5.74) is 6.23. The van der Waals surface area contributed by atoms with Gasteiger partial charge in [0, 0.05) is 12.1 Å². The number of carbonyl (C=O) groups excluding carboxylic acids is 3. The lowest BCUT2D eigenvalue weighted by Gasteiger charge is -2.57. The molecular formula is C31H48N2O5. The summed E-state index contributed by atoms with van der Waals surface area (Å²) in [6, 6.07) is -0.815. The summed E-state index contributed by atoms with van der Waals surface area (Å²) in [6.45, 7) is 15.9. The highest BCUT2D eigenvalue weighted by Gasteiger charge is 2.57. The zero-order valence-corrected chi connectivity index (χ0v) is 24.7. The third-order valence-electron chi connectivity index (χ3n) is 10.1. The van der Waals surface area contributed by atoms with Crippen molar-refractivity contribution in [2.75, 3.05) is 0 Å². The van der Waals surface area contributed by atoms with Gasteiger partial charge in [-0.05, 0) is 119 Å². The van der Waals surface area contributed by atoms with Gasteiger partial charge in [0.25, 0.3) is 0 Å². The van der Waals surface area contributed by atoms with Gasteiger partial charge in [-0.3, -0.25) is 4.79 Å². The maximum absolute atomic E-state index is 12.9. The molecule has 0 saturated heterocycles. The van der Waals surface area contributed by atoms with Gasteiger partial charge in [0.1, 0.15) is 11.6 Å². The van der Waals surface area contributed by atoms with Crippen LogP contribution >= 0.6 is 0 Å². The number of ketones is 1. The second-order valence-electron chi connectivity index (χ2n) is 14.0. The lowest BCUT2D eigenvalue weighted by atomic mass is 9.47. The molecule has 1 amide bonds. The van der Waals surface area contributed by atoms with E-state index in [0.717, 1.165) is 37.8 Å². The largest absolute Gasteiger partial charge is 0.444 e. The van der Waals surface area contributed by atoms with Crippen molar-refractivity contribution in [3.63, 3.8) is 0 Å². The molecule has 6 atom stereocenters. The minimum absolute atomic E-state index is 0.0823. The van der Waals surface area contributed by atoms with E-state index in [1.54, 1.807) is 20.8 Å². The van der Waals surface area contributed by atoms with Crippen LogP contribution in [0, 0.1) is 34.5 Å². The molecule has 0 aromatic rings. The van der Waals surface area contributed by atoms with Crippen LogP contribution in [-0.4, -0.2) is 29.5 Å². The first kappa shape index (κ1) is 28.7. The summed E-state index contributed by atoms with van der Waals surface area (Å²) < 4.78 is 5.33. The first-order chi connectivity index (χ1) is 17.7. The van der Waals surface area contributed by atoms with Gasteiger partial charge < -0.3 is 14.9 Å². The van der Waals surface area contributed by atoms with Crippen LogP contribution in [0.4, 0.5) is 4.79 Å². The van der Waals surface area contributed by atoms with E-state index in [1.165, 1.54) is 24.0 Å². The quantitative estimate of drug-likeness (QED) is 0.402. The topological polar surface area (TPSA) is 93.7 Å². The highest BCUT2D eigenvalue weighted by molar-refractivity contribution is 5.91. The molecule has 38 heavy (non-hydrogen) atoms. The van der Waals surface area contributed by atoms with Crippen molar-refractivity contribution < 1.29 is 24.0 Å². The van der Waals surface area contributed by atoms with Crippen molar-refractivity contribution in [1.82, 2.24) is 10.8 Å². The van der Waals surface area contributed by atoms with Gasteiger partial charge in [-0.25, -0.2) is 15.1 Å². The van der Waals surface area contributed by atoms with E-state index in [0.29, 0.717) is 30.0 Å². The Morgan fingerprint density at radius 2 is 1.68 bits per heavy atom. The summed E-state index contributed by atoms with van der Waals surface area (Å²) in [5, 5.41) is 2.66. The highest BCUT2D eigenvalue weighted by atomic mass is 16.7. The number of hydrogen-bond acceptors (Lipinski definition) is 6. The molecule has 7 heteroatoms. The number of fused-ring (bicyclic) bond motifs is 5. The lowest BCUT2D eigenvalue weighted by molar-refractivity contribution is -0.153. The fourth-order valence-corrected chi connectivity index (χ4v) is 8.17. The summed E-state index contributed by atoms with van der Waals surface area (Å²) in [5.74, 6) is 1.54. The van der Waals surface area contributed by atoms with Crippen molar-refractivity contribution in [1.29, 1.82) is 0 Å². The highest BCUT2D eigenvalue weighted by Crippen LogP contribution is 2.66. The van der Waals surface area contributed by atoms with Crippen LogP contribution < -0.4 is 10.8 Å². The van der Waals surface area contributed by atoms with Crippen LogP contribution in [-0.2, 0) is 19.2 Å². The number of nitrogens with one attached hydrogen (secondary N) is 2. The molecule has 0 spiro atoms. The van der Waals surface area contributed by atoms with E-state index in [2.05, 4.69) is 24.6 Å². The molecule has 3 fully saturated rings. The van der Waals surface area contributed by atoms with Crippen molar-refractivity contribution in [3.8, 4) is 0 Å². The molecule has 0 unspecified atom stereocenters.